The van der Waals surface area contributed by atoms with Gasteiger partial charge in [-0.1, -0.05) is 65.8 Å². The molecule has 2 aromatic carbocycles. The summed E-state index contributed by atoms with van der Waals surface area (Å²) in [7, 11) is 0. The van der Waals surface area contributed by atoms with Gasteiger partial charge in [0.1, 0.15) is 50.1 Å². The summed E-state index contributed by atoms with van der Waals surface area (Å²) in [5, 5.41) is 19.9. The summed E-state index contributed by atoms with van der Waals surface area (Å²) in [5.41, 5.74) is 1.81. The van der Waals surface area contributed by atoms with Crippen molar-refractivity contribution in [2.45, 2.75) is 82.5 Å². The molecule has 2 aromatic rings. The maximum Gasteiger partial charge on any atom is 0.306 e. The van der Waals surface area contributed by atoms with Crippen LogP contribution in [0.25, 0.3) is 0 Å². The fourth-order valence-corrected chi connectivity index (χ4v) is 3.86. The molecule has 0 bridgehead atoms. The van der Waals surface area contributed by atoms with Crippen LogP contribution in [0.2, 0.25) is 0 Å². The van der Waals surface area contributed by atoms with Crippen LogP contribution in [0, 0.1) is 0 Å². The van der Waals surface area contributed by atoms with Crippen molar-refractivity contribution >= 4 is 37.2 Å². The van der Waals surface area contributed by atoms with Crippen LogP contribution in [0.5, 0.6) is 11.5 Å². The normalized spacial score (nSPS) is 14.0. The molecular weight excluding hydrogens is 564 g/mol. The van der Waals surface area contributed by atoms with E-state index in [9.17, 15) is 19.8 Å². The zero-order valence-electron chi connectivity index (χ0n) is 24.9. The lowest BCUT2D eigenvalue weighted by Crippen LogP contribution is -2.26. The van der Waals surface area contributed by atoms with Crippen LogP contribution in [-0.2, 0) is 24.5 Å². The Bertz CT molecular complexity index is 942. The summed E-state index contributed by atoms with van der Waals surface area (Å²) >= 11 is 8.29. The molecule has 8 nitrogen and oxygen atoms in total. The molecule has 0 fully saturated rings. The molecule has 41 heavy (non-hydrogen) atoms. The Labute approximate surface area is 255 Å². The van der Waals surface area contributed by atoms with Gasteiger partial charge in [0.15, 0.2) is 0 Å². The Morgan fingerprint density at radius 1 is 0.683 bits per heavy atom. The Morgan fingerprint density at radius 2 is 1.00 bits per heavy atom. The first-order valence-corrected chi connectivity index (χ1v) is 14.9. The minimum atomic E-state index is -0.931. The summed E-state index contributed by atoms with van der Waals surface area (Å²) < 4.78 is 21.3. The predicted molar refractivity (Wildman–Crippen MR) is 167 cm³/mol. The topological polar surface area (TPSA) is 112 Å². The molecule has 0 saturated heterocycles. The van der Waals surface area contributed by atoms with Gasteiger partial charge in [-0.05, 0) is 35.4 Å². The van der Waals surface area contributed by atoms with Crippen molar-refractivity contribution in [2.75, 3.05) is 26.4 Å². The maximum absolute atomic E-state index is 11.6. The highest BCUT2D eigenvalue weighted by atomic mass is 32.1. The lowest BCUT2D eigenvalue weighted by atomic mass is 9.78. The van der Waals surface area contributed by atoms with Gasteiger partial charge in [-0.3, -0.25) is 9.59 Å². The fraction of sp³-hybridized carbons (Fsp3) is 0.548. The summed E-state index contributed by atoms with van der Waals surface area (Å²) in [4.78, 5) is 23.1. The molecule has 2 rings (SSSR count). The predicted octanol–water partition coefficient (Wildman–Crippen LogP) is 5.02. The first kappa shape index (κ1) is 36.6. The molecule has 0 aliphatic rings. The van der Waals surface area contributed by atoms with Crippen LogP contribution in [-0.4, -0.2) is 71.3 Å². The van der Waals surface area contributed by atoms with Crippen molar-refractivity contribution in [2.24, 2.45) is 0 Å². The van der Waals surface area contributed by atoms with E-state index in [4.69, 9.17) is 18.9 Å². The fourth-order valence-electron chi connectivity index (χ4n) is 3.56. The van der Waals surface area contributed by atoms with Gasteiger partial charge < -0.3 is 29.2 Å². The third-order valence-corrected chi connectivity index (χ3v) is 6.20. The van der Waals surface area contributed by atoms with Crippen molar-refractivity contribution in [3.8, 4) is 11.5 Å². The van der Waals surface area contributed by atoms with Crippen molar-refractivity contribution in [1.82, 2.24) is 0 Å². The van der Waals surface area contributed by atoms with E-state index < -0.39 is 24.1 Å². The molecule has 0 aliphatic carbocycles. The number of rotatable bonds is 16. The molecule has 0 radical (unpaired) electrons. The number of thiol groups is 2. The van der Waals surface area contributed by atoms with E-state index in [1.807, 2.05) is 62.4 Å². The van der Waals surface area contributed by atoms with Crippen LogP contribution in [0.1, 0.15) is 65.5 Å². The van der Waals surface area contributed by atoms with E-state index in [1.54, 1.807) is 13.8 Å². The van der Waals surface area contributed by atoms with Gasteiger partial charge in [-0.25, -0.2) is 0 Å². The van der Waals surface area contributed by atoms with Crippen molar-refractivity contribution in [3.63, 3.8) is 0 Å². The number of hydrogen-bond donors (Lipinski definition) is 4. The highest BCUT2D eigenvalue weighted by Gasteiger charge is 2.23. The minimum Gasteiger partial charge on any atom is -0.491 e. The van der Waals surface area contributed by atoms with Crippen LogP contribution >= 0.6 is 25.3 Å². The van der Waals surface area contributed by atoms with Gasteiger partial charge in [-0.2, -0.15) is 25.3 Å². The second kappa shape index (κ2) is 18.9. The van der Waals surface area contributed by atoms with Crippen LogP contribution in [0.15, 0.2) is 48.5 Å². The lowest BCUT2D eigenvalue weighted by molar-refractivity contribution is -0.147. The molecule has 0 amide bonds. The smallest absolute Gasteiger partial charge is 0.306 e. The average Bonchev–Trinajstić information content (AvgIpc) is 2.93. The molecule has 0 aromatic heterocycles. The minimum absolute atomic E-state index is 0.0000939. The molecule has 4 unspecified atom stereocenters. The largest absolute Gasteiger partial charge is 0.491 e. The molecule has 230 valence electrons. The quantitative estimate of drug-likeness (QED) is 0.155. The molecule has 4 atom stereocenters. The van der Waals surface area contributed by atoms with Gasteiger partial charge in [-0.15, -0.1) is 0 Å². The van der Waals surface area contributed by atoms with E-state index >= 15 is 0 Å². The first-order chi connectivity index (χ1) is 19.4. The highest BCUT2D eigenvalue weighted by molar-refractivity contribution is 7.81. The number of benzene rings is 2. The standard InChI is InChI=1S/C29H40O8S2.C2H6/c1-19(38)13-27(32)36-17-23(30)15-34-25-9-5-21(6-10-25)29(3,4)22-7-11-26(12-8-22)35-16-24(31)18-37-28(33)14-20(2)39;1-2/h5-12,19-20,23-24,30-31,38-39H,13-18H2,1-4H3;1-2H3. The second-order valence-corrected chi connectivity index (χ2v) is 11.8. The number of ether oxygens (including phenoxy) is 4. The summed E-state index contributed by atoms with van der Waals surface area (Å²) in [6.45, 7) is 11.5. The van der Waals surface area contributed by atoms with Crippen molar-refractivity contribution < 1.29 is 38.7 Å². The second-order valence-electron chi connectivity index (χ2n) is 10.1. The highest BCUT2D eigenvalue weighted by Crippen LogP contribution is 2.33. The van der Waals surface area contributed by atoms with Crippen molar-refractivity contribution in [3.05, 3.63) is 59.7 Å². The molecule has 2 N–H and O–H groups in total. The van der Waals surface area contributed by atoms with E-state index in [0.717, 1.165) is 11.1 Å². The Balaban J connectivity index is 0.00000411. The van der Waals surface area contributed by atoms with Gasteiger partial charge in [0.25, 0.3) is 0 Å². The zero-order chi connectivity index (χ0) is 31.0. The Kier molecular flexibility index (Phi) is 16.9. The zero-order valence-corrected chi connectivity index (χ0v) is 26.7. The van der Waals surface area contributed by atoms with E-state index in [0.29, 0.717) is 11.5 Å². The van der Waals surface area contributed by atoms with E-state index in [2.05, 4.69) is 39.1 Å². The number of esters is 2. The van der Waals surface area contributed by atoms with Gasteiger partial charge in [0.05, 0.1) is 12.8 Å². The Morgan fingerprint density at radius 3 is 1.29 bits per heavy atom. The third kappa shape index (κ3) is 14.4. The van der Waals surface area contributed by atoms with E-state index in [1.165, 1.54) is 0 Å². The SMILES string of the molecule is CC.CC(S)CC(=O)OCC(O)COc1ccc(C(C)(C)c2ccc(OCC(O)COC(=O)CC(C)S)cc2)cc1. The Hall–Kier alpha value is -2.40. The third-order valence-electron chi connectivity index (χ3n) is 5.83. The maximum atomic E-state index is 11.6. The number of carbonyl (C=O) groups excluding carboxylic acids is 2. The van der Waals surface area contributed by atoms with Crippen LogP contribution in [0.3, 0.4) is 0 Å². The molecule has 0 saturated carbocycles. The van der Waals surface area contributed by atoms with Crippen molar-refractivity contribution in [1.29, 1.82) is 0 Å². The van der Waals surface area contributed by atoms with Crippen LogP contribution < -0.4 is 9.47 Å². The molecule has 0 heterocycles. The average molecular weight is 611 g/mol. The van der Waals surface area contributed by atoms with Gasteiger partial charge in [0.2, 0.25) is 0 Å². The summed E-state index contributed by atoms with van der Waals surface area (Å²) in [6.07, 6.45) is -1.50. The lowest BCUT2D eigenvalue weighted by Gasteiger charge is -2.26. The first-order valence-electron chi connectivity index (χ1n) is 13.9. The van der Waals surface area contributed by atoms with Gasteiger partial charge in [0, 0.05) is 15.9 Å². The molecule has 10 heteroatoms. The number of hydrogen-bond acceptors (Lipinski definition) is 10. The summed E-state index contributed by atoms with van der Waals surface area (Å²) in [5.74, 6) is 0.379. The van der Waals surface area contributed by atoms with Gasteiger partial charge >= 0.3 is 11.9 Å². The van der Waals surface area contributed by atoms with E-state index in [-0.39, 0.29) is 55.2 Å². The molecule has 0 aliphatic heterocycles. The molecular formula is C31H46O8S2. The molecule has 0 spiro atoms. The number of carbonyl (C=O) groups is 2. The number of aliphatic hydroxyl groups excluding tert-OH is 2. The number of aliphatic hydroxyl groups is 2. The van der Waals surface area contributed by atoms with Crippen LogP contribution in [0.4, 0.5) is 0 Å². The monoisotopic (exact) mass is 610 g/mol. The summed E-state index contributed by atoms with van der Waals surface area (Å²) in [6, 6.07) is 15.2.